The molecule has 4 nitrogen and oxygen atoms in total. The summed E-state index contributed by atoms with van der Waals surface area (Å²) in [7, 11) is -3.20. The summed E-state index contributed by atoms with van der Waals surface area (Å²) in [5.74, 6) is -1.03. The molecule has 0 atom stereocenters. The summed E-state index contributed by atoms with van der Waals surface area (Å²) >= 11 is 3.28. The van der Waals surface area contributed by atoms with E-state index in [-0.39, 0.29) is 4.90 Å². The van der Waals surface area contributed by atoms with Gasteiger partial charge in [-0.25, -0.2) is 13.2 Å². The van der Waals surface area contributed by atoms with Crippen LogP contribution in [0.15, 0.2) is 47.4 Å². The molecule has 96 valence electrons. The van der Waals surface area contributed by atoms with E-state index in [4.69, 9.17) is 5.11 Å². The minimum atomic E-state index is -3.20. The van der Waals surface area contributed by atoms with Gasteiger partial charge in [0.1, 0.15) is 0 Å². The molecule has 0 heterocycles. The maximum Gasteiger partial charge on any atom is 0.328 e. The maximum absolute atomic E-state index is 11.3. The average Bonchev–Trinajstić information content (AvgIpc) is 2.27. The van der Waals surface area contributed by atoms with E-state index in [1.807, 2.05) is 0 Å². The third-order valence-electron chi connectivity index (χ3n) is 2.04. The van der Waals surface area contributed by atoms with Crippen LogP contribution in [0.1, 0.15) is 5.56 Å². The lowest BCUT2D eigenvalue weighted by Crippen LogP contribution is -1.96. The summed E-state index contributed by atoms with van der Waals surface area (Å²) in [5.41, 5.74) is 0.762. The highest BCUT2D eigenvalue weighted by Gasteiger charge is 2.06. The molecule has 1 N–H and O–H groups in total. The van der Waals surface area contributed by atoms with Gasteiger partial charge in [-0.05, 0) is 23.8 Å². The highest BCUT2D eigenvalue weighted by Crippen LogP contribution is 2.22. The van der Waals surface area contributed by atoms with Gasteiger partial charge < -0.3 is 5.11 Å². The molecular weight excluding hydrogens is 320 g/mol. The first-order valence-electron chi connectivity index (χ1n) is 4.88. The van der Waals surface area contributed by atoms with Crippen molar-refractivity contribution in [2.45, 2.75) is 4.90 Å². The number of carboxylic acid groups (broad SMARTS) is 1. The highest BCUT2D eigenvalue weighted by atomic mass is 79.9. The molecular formula is C12H11BrO4S. The van der Waals surface area contributed by atoms with Crippen molar-refractivity contribution in [1.82, 2.24) is 0 Å². The number of carbonyl (C=O) groups is 1. The third kappa shape index (κ3) is 4.46. The molecule has 1 aromatic carbocycles. The van der Waals surface area contributed by atoms with Crippen molar-refractivity contribution in [3.05, 3.63) is 48.1 Å². The standard InChI is InChI=1S/C12H11BrO4S/c1-18(16,17)10-7-5-9(6-8-10)11(13)3-2-4-12(14)15/h2-8H,1H3,(H,14,15). The smallest absolute Gasteiger partial charge is 0.328 e. The zero-order valence-corrected chi connectivity index (χ0v) is 11.9. The van der Waals surface area contributed by atoms with E-state index in [2.05, 4.69) is 15.9 Å². The number of allylic oxidation sites excluding steroid dienone is 2. The van der Waals surface area contributed by atoms with Gasteiger partial charge in [0.25, 0.3) is 0 Å². The Kier molecular flexibility index (Phi) is 4.86. The van der Waals surface area contributed by atoms with Gasteiger partial charge in [-0.2, -0.15) is 0 Å². The molecule has 6 heteroatoms. The summed E-state index contributed by atoms with van der Waals surface area (Å²) in [4.78, 5) is 10.5. The third-order valence-corrected chi connectivity index (χ3v) is 3.89. The Morgan fingerprint density at radius 2 is 1.83 bits per heavy atom. The van der Waals surface area contributed by atoms with Gasteiger partial charge in [-0.1, -0.05) is 34.1 Å². The van der Waals surface area contributed by atoms with Crippen molar-refractivity contribution in [2.24, 2.45) is 0 Å². The normalized spacial score (nSPS) is 12.9. The van der Waals surface area contributed by atoms with Crippen molar-refractivity contribution in [1.29, 1.82) is 0 Å². The van der Waals surface area contributed by atoms with Crippen molar-refractivity contribution in [3.63, 3.8) is 0 Å². The maximum atomic E-state index is 11.3. The second-order valence-corrected chi connectivity index (χ2v) is 6.38. The fraction of sp³-hybridized carbons (Fsp3) is 0.0833. The van der Waals surface area contributed by atoms with Crippen LogP contribution < -0.4 is 0 Å². The SMILES string of the molecule is CS(=O)(=O)c1ccc(C(Br)=CC=CC(=O)O)cc1. The molecule has 1 rings (SSSR count). The summed E-state index contributed by atoms with van der Waals surface area (Å²) in [6.07, 6.45) is 5.11. The monoisotopic (exact) mass is 330 g/mol. The van der Waals surface area contributed by atoms with Crippen LogP contribution in [0.5, 0.6) is 0 Å². The Balaban J connectivity index is 2.96. The number of rotatable bonds is 4. The van der Waals surface area contributed by atoms with Gasteiger partial charge in [0, 0.05) is 16.8 Å². The molecule has 0 unspecified atom stereocenters. The second kappa shape index (κ2) is 5.97. The fourth-order valence-corrected chi connectivity index (χ4v) is 2.22. The van der Waals surface area contributed by atoms with Crippen molar-refractivity contribution in [2.75, 3.05) is 6.26 Å². The van der Waals surface area contributed by atoms with E-state index < -0.39 is 15.8 Å². The molecule has 0 radical (unpaired) electrons. The lowest BCUT2D eigenvalue weighted by Gasteiger charge is -2.01. The molecule has 1 aromatic rings. The van der Waals surface area contributed by atoms with E-state index in [9.17, 15) is 13.2 Å². The molecule has 0 aromatic heterocycles. The Labute approximate surface area is 114 Å². The van der Waals surface area contributed by atoms with Gasteiger partial charge in [0.15, 0.2) is 9.84 Å². The largest absolute Gasteiger partial charge is 0.478 e. The summed E-state index contributed by atoms with van der Waals surface area (Å²) in [5, 5.41) is 8.42. The summed E-state index contributed by atoms with van der Waals surface area (Å²) < 4.78 is 23.2. The van der Waals surface area contributed by atoms with E-state index >= 15 is 0 Å². The van der Waals surface area contributed by atoms with E-state index in [1.54, 1.807) is 18.2 Å². The molecule has 0 amide bonds. The number of halogens is 1. The Morgan fingerprint density at radius 3 is 2.28 bits per heavy atom. The van der Waals surface area contributed by atoms with Crippen LogP contribution in [0.3, 0.4) is 0 Å². The Hall–Kier alpha value is -1.40. The minimum Gasteiger partial charge on any atom is -0.478 e. The van der Waals surface area contributed by atoms with Crippen LogP contribution in [0.2, 0.25) is 0 Å². The number of benzene rings is 1. The molecule has 0 saturated heterocycles. The molecule has 18 heavy (non-hydrogen) atoms. The van der Waals surface area contributed by atoms with Gasteiger partial charge in [0.05, 0.1) is 4.90 Å². The van der Waals surface area contributed by atoms with E-state index in [0.29, 0.717) is 4.48 Å². The topological polar surface area (TPSA) is 71.4 Å². The van der Waals surface area contributed by atoms with Crippen molar-refractivity contribution < 1.29 is 18.3 Å². The van der Waals surface area contributed by atoms with Gasteiger partial charge in [-0.15, -0.1) is 0 Å². The fourth-order valence-electron chi connectivity index (χ4n) is 1.17. The number of aliphatic carboxylic acids is 1. The molecule has 0 aliphatic carbocycles. The van der Waals surface area contributed by atoms with Crippen LogP contribution in [-0.2, 0) is 14.6 Å². The predicted molar refractivity (Wildman–Crippen MR) is 73.2 cm³/mol. The lowest BCUT2D eigenvalue weighted by molar-refractivity contribution is -0.131. The molecule has 0 aliphatic heterocycles. The van der Waals surface area contributed by atoms with Crippen LogP contribution in [-0.4, -0.2) is 25.7 Å². The first-order valence-corrected chi connectivity index (χ1v) is 7.56. The summed E-state index contributed by atoms with van der Waals surface area (Å²) in [6, 6.07) is 6.29. The first kappa shape index (κ1) is 14.7. The van der Waals surface area contributed by atoms with Gasteiger partial charge in [-0.3, -0.25) is 0 Å². The van der Waals surface area contributed by atoms with Crippen LogP contribution in [0.4, 0.5) is 0 Å². The number of sulfone groups is 1. The van der Waals surface area contributed by atoms with E-state index in [1.165, 1.54) is 18.2 Å². The molecule has 0 fully saturated rings. The van der Waals surface area contributed by atoms with Crippen LogP contribution in [0, 0.1) is 0 Å². The molecule has 0 saturated carbocycles. The summed E-state index contributed by atoms with van der Waals surface area (Å²) in [6.45, 7) is 0. The predicted octanol–water partition coefficient (Wildman–Crippen LogP) is 2.47. The van der Waals surface area contributed by atoms with Crippen molar-refractivity contribution in [3.8, 4) is 0 Å². The lowest BCUT2D eigenvalue weighted by atomic mass is 10.2. The first-order chi connectivity index (χ1) is 8.30. The van der Waals surface area contributed by atoms with E-state index in [0.717, 1.165) is 17.9 Å². The molecule has 0 aliphatic rings. The van der Waals surface area contributed by atoms with Crippen molar-refractivity contribution >= 4 is 36.2 Å². The Morgan fingerprint density at radius 1 is 1.28 bits per heavy atom. The number of carboxylic acids is 1. The highest BCUT2D eigenvalue weighted by molar-refractivity contribution is 9.15. The van der Waals surface area contributed by atoms with Gasteiger partial charge >= 0.3 is 5.97 Å². The minimum absolute atomic E-state index is 0.243. The van der Waals surface area contributed by atoms with Gasteiger partial charge in [0.2, 0.25) is 0 Å². The van der Waals surface area contributed by atoms with Crippen LogP contribution >= 0.6 is 15.9 Å². The zero-order valence-electron chi connectivity index (χ0n) is 9.50. The number of hydrogen-bond acceptors (Lipinski definition) is 3. The Bertz CT molecular complexity index is 597. The average molecular weight is 331 g/mol. The van der Waals surface area contributed by atoms with Crippen LogP contribution in [0.25, 0.3) is 4.48 Å². The number of hydrogen-bond donors (Lipinski definition) is 1. The quantitative estimate of drug-likeness (QED) is 0.680. The second-order valence-electron chi connectivity index (χ2n) is 3.51. The zero-order chi connectivity index (χ0) is 13.8. The molecule has 0 spiro atoms. The molecule has 0 bridgehead atoms.